The number of carboxylic acid groups (broad SMARTS) is 1. The molecule has 0 saturated carbocycles. The smallest absolute Gasteiger partial charge is 0.382 e. The summed E-state index contributed by atoms with van der Waals surface area (Å²) in [6.45, 7) is 8.08. The van der Waals surface area contributed by atoms with Gasteiger partial charge >= 0.3 is 5.97 Å². The van der Waals surface area contributed by atoms with E-state index in [1.807, 2.05) is 24.3 Å². The number of aliphatic carboxylic acids is 1. The number of hydrogen-bond acceptors (Lipinski definition) is 2. The Morgan fingerprint density at radius 2 is 0.820 bits per heavy atom. The summed E-state index contributed by atoms with van der Waals surface area (Å²) in [4.78, 5) is 10.5. The molecule has 0 radical (unpaired) electrons. The molecule has 4 heteroatoms. The first-order valence-corrected chi connectivity index (χ1v) is 25.0. The summed E-state index contributed by atoms with van der Waals surface area (Å²) in [6, 6.07) is 14.3. The lowest BCUT2D eigenvalue weighted by Crippen LogP contribution is -2.34. The van der Waals surface area contributed by atoms with Crippen molar-refractivity contribution in [2.75, 3.05) is 11.9 Å². The van der Waals surface area contributed by atoms with Crippen molar-refractivity contribution in [2.45, 2.75) is 231 Å². The fraction of sp³-hybridized carbons (Fsp3) is 0.804. The zero-order valence-corrected chi connectivity index (χ0v) is 34.7. The molecular formula is C46H83NO2Si. The van der Waals surface area contributed by atoms with Crippen LogP contribution >= 0.6 is 0 Å². The van der Waals surface area contributed by atoms with Gasteiger partial charge in [0, 0.05) is 23.7 Å². The molecule has 0 saturated heterocycles. The number of carbonyl (C=O) groups is 1. The van der Waals surface area contributed by atoms with E-state index in [9.17, 15) is 4.79 Å². The highest BCUT2D eigenvalue weighted by atomic mass is 28.3. The maximum atomic E-state index is 10.5. The molecule has 0 fully saturated rings. The van der Waals surface area contributed by atoms with Crippen LogP contribution in [0.3, 0.4) is 0 Å². The van der Waals surface area contributed by atoms with Crippen LogP contribution in [-0.2, 0) is 4.79 Å². The van der Waals surface area contributed by atoms with E-state index in [-0.39, 0.29) is 0 Å². The van der Waals surface area contributed by atoms with Crippen molar-refractivity contribution < 1.29 is 9.90 Å². The first-order chi connectivity index (χ1) is 24.5. The molecule has 2 N–H and O–H groups in total. The molecule has 1 rings (SSSR count). The lowest BCUT2D eigenvalue weighted by Gasteiger charge is -2.33. The van der Waals surface area contributed by atoms with Crippen molar-refractivity contribution in [3.63, 3.8) is 0 Å². The number of anilines is 1. The second kappa shape index (κ2) is 34.4. The molecule has 50 heavy (non-hydrogen) atoms. The summed E-state index contributed by atoms with van der Waals surface area (Å²) in [7, 11) is -1.09. The Balaban J connectivity index is 2.03. The quantitative estimate of drug-likeness (QED) is 0.0414. The molecule has 0 heterocycles. The molecule has 0 aromatic heterocycles. The molecular weight excluding hydrogens is 627 g/mol. The number of carboxylic acids is 1. The minimum atomic E-state index is -1.09. The van der Waals surface area contributed by atoms with Gasteiger partial charge in [-0.25, -0.2) is 4.79 Å². The second-order valence-corrected chi connectivity index (χ2v) is 20.8. The van der Waals surface area contributed by atoms with Crippen LogP contribution < -0.4 is 5.32 Å². The molecule has 288 valence electrons. The lowest BCUT2D eigenvalue weighted by molar-refractivity contribution is -0.130. The van der Waals surface area contributed by atoms with Gasteiger partial charge in [0.05, 0.1) is 8.07 Å². The van der Waals surface area contributed by atoms with Gasteiger partial charge in [0.15, 0.2) is 0 Å². The van der Waals surface area contributed by atoms with Gasteiger partial charge in [-0.3, -0.25) is 0 Å². The fourth-order valence-electron chi connectivity index (χ4n) is 7.84. The Labute approximate surface area is 313 Å². The van der Waals surface area contributed by atoms with Crippen molar-refractivity contribution in [3.05, 3.63) is 29.8 Å². The summed E-state index contributed by atoms with van der Waals surface area (Å²) in [5, 5.41) is 12.1. The maximum Gasteiger partial charge on any atom is 0.382 e. The van der Waals surface area contributed by atoms with Crippen molar-refractivity contribution in [3.8, 4) is 11.8 Å². The van der Waals surface area contributed by atoms with Gasteiger partial charge in [0.25, 0.3) is 0 Å². The Kier molecular flexibility index (Phi) is 31.8. The Morgan fingerprint density at radius 1 is 0.500 bits per heavy atom. The second-order valence-electron chi connectivity index (χ2n) is 15.8. The Bertz CT molecular complexity index is 918. The van der Waals surface area contributed by atoms with Crippen LogP contribution in [-0.4, -0.2) is 25.7 Å². The predicted molar refractivity (Wildman–Crippen MR) is 225 cm³/mol. The molecule has 0 bridgehead atoms. The third-order valence-electron chi connectivity index (χ3n) is 11.1. The highest BCUT2D eigenvalue weighted by Gasteiger charge is 2.30. The average Bonchev–Trinajstić information content (AvgIpc) is 3.12. The summed E-state index contributed by atoms with van der Waals surface area (Å²) >= 11 is 0. The first-order valence-electron chi connectivity index (χ1n) is 22.1. The van der Waals surface area contributed by atoms with Crippen molar-refractivity contribution >= 4 is 19.7 Å². The third kappa shape index (κ3) is 27.9. The zero-order valence-electron chi connectivity index (χ0n) is 33.7. The normalized spacial score (nSPS) is 11.4. The summed E-state index contributed by atoms with van der Waals surface area (Å²) in [5.41, 5.74) is 1.81. The molecule has 0 unspecified atom stereocenters. The van der Waals surface area contributed by atoms with Gasteiger partial charge < -0.3 is 10.4 Å². The number of benzene rings is 1. The fourth-order valence-corrected chi connectivity index (χ4v) is 13.3. The Morgan fingerprint density at radius 3 is 1.16 bits per heavy atom. The molecule has 0 aliphatic rings. The van der Waals surface area contributed by atoms with E-state index in [1.54, 1.807) is 30.6 Å². The Hall–Kier alpha value is -1.73. The molecule has 0 aliphatic heterocycles. The minimum absolute atomic E-state index is 0.732. The van der Waals surface area contributed by atoms with E-state index in [0.29, 0.717) is 0 Å². The van der Waals surface area contributed by atoms with Crippen LogP contribution in [0.1, 0.15) is 213 Å². The number of unbranched alkanes of at least 4 members (excludes halogenated alkanes) is 25. The van der Waals surface area contributed by atoms with Crippen molar-refractivity contribution in [1.29, 1.82) is 0 Å². The molecule has 3 nitrogen and oxygen atoms in total. The minimum Gasteiger partial charge on any atom is -0.472 e. The lowest BCUT2D eigenvalue weighted by atomic mass is 10.0. The molecule has 1 aromatic rings. The summed E-state index contributed by atoms with van der Waals surface area (Å²) < 4.78 is 0. The van der Waals surface area contributed by atoms with Gasteiger partial charge in [-0.15, -0.1) is 0 Å². The summed E-state index contributed by atoms with van der Waals surface area (Å²) in [6.07, 6.45) is 41.8. The van der Waals surface area contributed by atoms with Crippen LogP contribution in [0.15, 0.2) is 24.3 Å². The van der Waals surface area contributed by atoms with Crippen LogP contribution in [0, 0.1) is 11.8 Å². The topological polar surface area (TPSA) is 49.3 Å². The van der Waals surface area contributed by atoms with Gasteiger partial charge in [-0.05, 0) is 30.7 Å². The van der Waals surface area contributed by atoms with Crippen molar-refractivity contribution in [2.24, 2.45) is 0 Å². The van der Waals surface area contributed by atoms with Gasteiger partial charge in [0.2, 0.25) is 0 Å². The largest absolute Gasteiger partial charge is 0.472 e. The van der Waals surface area contributed by atoms with Gasteiger partial charge in [-0.2, -0.15) is 0 Å². The molecule has 1 aromatic carbocycles. The van der Waals surface area contributed by atoms with E-state index >= 15 is 0 Å². The van der Waals surface area contributed by atoms with E-state index in [1.165, 1.54) is 180 Å². The van der Waals surface area contributed by atoms with E-state index < -0.39 is 14.0 Å². The van der Waals surface area contributed by atoms with E-state index in [4.69, 9.17) is 5.11 Å². The van der Waals surface area contributed by atoms with Crippen LogP contribution in [0.5, 0.6) is 0 Å². The average molecular weight is 710 g/mol. The summed E-state index contributed by atoms with van der Waals surface area (Å²) in [5.74, 6) is 3.71. The van der Waals surface area contributed by atoms with Crippen molar-refractivity contribution in [1.82, 2.24) is 0 Å². The van der Waals surface area contributed by atoms with Gasteiger partial charge in [0.1, 0.15) is 0 Å². The molecule has 0 atom stereocenters. The standard InChI is InChI=1S/C46H83NO2Si/c1-4-7-10-29-40-50(41-30-11-8-5-2,42-31-12-9-6-3)43-32-27-25-23-21-19-17-15-13-14-16-18-20-22-24-26-28-39-47-45-36-33-44(34-37-45)35-38-46(48)49/h33-34,36-37,47H,4-32,39-43H2,1-3H3,(H,48,49). The number of hydrogen-bond donors (Lipinski definition) is 2. The van der Waals surface area contributed by atoms with Crippen LogP contribution in [0.2, 0.25) is 24.2 Å². The van der Waals surface area contributed by atoms with E-state index in [2.05, 4.69) is 37.9 Å². The third-order valence-corrected chi connectivity index (χ3v) is 16.8. The predicted octanol–water partition coefficient (Wildman–Crippen LogP) is 15.4. The zero-order chi connectivity index (χ0) is 36.2. The van der Waals surface area contributed by atoms with Gasteiger partial charge in [-0.1, -0.05) is 231 Å². The number of rotatable bonds is 36. The maximum absolute atomic E-state index is 10.5. The monoisotopic (exact) mass is 710 g/mol. The van der Waals surface area contributed by atoms with Crippen LogP contribution in [0.4, 0.5) is 5.69 Å². The van der Waals surface area contributed by atoms with Crippen LogP contribution in [0.25, 0.3) is 0 Å². The van der Waals surface area contributed by atoms with E-state index in [0.717, 1.165) is 17.8 Å². The highest BCUT2D eigenvalue weighted by molar-refractivity contribution is 6.79. The first kappa shape index (κ1) is 46.3. The highest BCUT2D eigenvalue weighted by Crippen LogP contribution is 2.35. The molecule has 0 aliphatic carbocycles. The SMILES string of the molecule is CCCCCC[Si](CCCCCC)(CCCCCC)CCCCCCCCCCCCCCCCCCCNc1ccc(C#CC(=O)O)cc1. The number of nitrogens with one attached hydrogen (secondary N) is 1. The molecule has 0 spiro atoms. The molecule has 0 amide bonds.